The lowest BCUT2D eigenvalue weighted by atomic mass is 9.96. The second kappa shape index (κ2) is 12.3. The van der Waals surface area contributed by atoms with Crippen LogP contribution in [-0.2, 0) is 27.5 Å². The molecule has 1 aromatic heterocycles. The van der Waals surface area contributed by atoms with Crippen LogP contribution in [-0.4, -0.2) is 42.6 Å². The molecule has 0 bridgehead atoms. The molecule has 4 rings (SSSR count). The van der Waals surface area contributed by atoms with Crippen LogP contribution in [0.25, 0.3) is 5.57 Å². The van der Waals surface area contributed by atoms with Crippen molar-refractivity contribution < 1.29 is 23.1 Å². The Morgan fingerprint density at radius 1 is 1.10 bits per heavy atom. The number of aliphatic hydroxyl groups is 1. The van der Waals surface area contributed by atoms with E-state index in [1.807, 2.05) is 6.08 Å². The SMILES string of the molecule is CCS(=O)(=O)c1ccc(CC(=O)Nc2nc(C3=CCCC(C#N)=C3)c(C(=O)c3ccc(CCO)cc3)s2)cc1. The zero-order valence-corrected chi connectivity index (χ0v) is 22.9. The number of nitriles is 1. The molecule has 0 unspecified atom stereocenters. The molecule has 0 fully saturated rings. The maximum atomic E-state index is 13.5. The molecule has 10 heteroatoms. The highest BCUT2D eigenvalue weighted by Crippen LogP contribution is 2.34. The molecule has 1 heterocycles. The van der Waals surface area contributed by atoms with E-state index in [0.717, 1.165) is 16.9 Å². The summed E-state index contributed by atoms with van der Waals surface area (Å²) in [7, 11) is -3.33. The topological polar surface area (TPSA) is 137 Å². The number of rotatable bonds is 10. The summed E-state index contributed by atoms with van der Waals surface area (Å²) in [6.45, 7) is 1.59. The smallest absolute Gasteiger partial charge is 0.230 e. The lowest BCUT2D eigenvalue weighted by molar-refractivity contribution is -0.115. The molecular formula is C29H27N3O5S2. The fraction of sp³-hybridized carbons (Fsp3) is 0.241. The largest absolute Gasteiger partial charge is 0.396 e. The van der Waals surface area contributed by atoms with Crippen molar-refractivity contribution in [3.05, 3.63) is 93.5 Å². The summed E-state index contributed by atoms with van der Waals surface area (Å²) in [5.41, 5.74) is 3.64. The van der Waals surface area contributed by atoms with Crippen molar-refractivity contribution in [2.24, 2.45) is 0 Å². The van der Waals surface area contributed by atoms with Crippen LogP contribution in [0.2, 0.25) is 0 Å². The first kappa shape index (κ1) is 28.1. The molecule has 0 spiro atoms. The number of thiazole rings is 1. The lowest BCUT2D eigenvalue weighted by Gasteiger charge is -2.09. The normalized spacial score (nSPS) is 13.3. The highest BCUT2D eigenvalue weighted by atomic mass is 32.2. The predicted molar refractivity (Wildman–Crippen MR) is 150 cm³/mol. The van der Waals surface area contributed by atoms with Crippen molar-refractivity contribution in [1.29, 1.82) is 5.26 Å². The van der Waals surface area contributed by atoms with Gasteiger partial charge in [-0.3, -0.25) is 9.59 Å². The fourth-order valence-electron chi connectivity index (χ4n) is 4.09. The summed E-state index contributed by atoms with van der Waals surface area (Å²) in [6.07, 6.45) is 5.38. The number of amides is 1. The standard InChI is InChI=1S/C29H27N3O5S2/c1-2-39(36,37)24-12-8-20(9-13-24)17-25(34)31-29-32-26(23-5-3-4-21(16-23)18-30)28(38-29)27(35)22-10-6-19(7-11-22)14-15-33/h5-13,16,33H,2-4,14-15,17H2,1H3,(H,31,32,34). The number of aliphatic hydroxyl groups excluding tert-OH is 1. The summed E-state index contributed by atoms with van der Waals surface area (Å²) in [5.74, 6) is -0.626. The summed E-state index contributed by atoms with van der Waals surface area (Å²) in [4.78, 5) is 31.4. The number of anilines is 1. The van der Waals surface area contributed by atoms with E-state index in [4.69, 9.17) is 5.11 Å². The van der Waals surface area contributed by atoms with Gasteiger partial charge in [0.1, 0.15) is 4.88 Å². The van der Waals surface area contributed by atoms with Crippen molar-refractivity contribution in [2.75, 3.05) is 17.7 Å². The molecule has 8 nitrogen and oxygen atoms in total. The summed E-state index contributed by atoms with van der Waals surface area (Å²) in [6, 6.07) is 15.3. The van der Waals surface area contributed by atoms with Crippen LogP contribution in [0.5, 0.6) is 0 Å². The first-order chi connectivity index (χ1) is 18.7. The first-order valence-corrected chi connectivity index (χ1v) is 14.9. The molecule has 0 saturated heterocycles. The Morgan fingerprint density at radius 3 is 2.44 bits per heavy atom. The van der Waals surface area contributed by atoms with Gasteiger partial charge < -0.3 is 10.4 Å². The number of nitrogens with zero attached hydrogens (tertiary/aromatic N) is 2. The summed E-state index contributed by atoms with van der Waals surface area (Å²) in [5, 5.41) is 21.5. The Balaban J connectivity index is 1.59. The van der Waals surface area contributed by atoms with Crippen molar-refractivity contribution >= 4 is 43.6 Å². The van der Waals surface area contributed by atoms with Gasteiger partial charge in [-0.15, -0.1) is 0 Å². The van der Waals surface area contributed by atoms with E-state index < -0.39 is 9.84 Å². The Morgan fingerprint density at radius 2 is 1.79 bits per heavy atom. The molecular weight excluding hydrogens is 534 g/mol. The highest BCUT2D eigenvalue weighted by molar-refractivity contribution is 7.91. The van der Waals surface area contributed by atoms with Crippen LogP contribution in [0.1, 0.15) is 51.8 Å². The number of carbonyl (C=O) groups is 2. The fourth-order valence-corrected chi connectivity index (χ4v) is 5.94. The third kappa shape index (κ3) is 6.75. The first-order valence-electron chi connectivity index (χ1n) is 12.4. The third-order valence-electron chi connectivity index (χ3n) is 6.25. The van der Waals surface area contributed by atoms with E-state index >= 15 is 0 Å². The predicted octanol–water partition coefficient (Wildman–Crippen LogP) is 4.51. The van der Waals surface area contributed by atoms with Gasteiger partial charge in [0.15, 0.2) is 15.0 Å². The lowest BCUT2D eigenvalue weighted by Crippen LogP contribution is -2.14. The minimum Gasteiger partial charge on any atom is -0.396 e. The van der Waals surface area contributed by atoms with Gasteiger partial charge in [0, 0.05) is 17.7 Å². The molecule has 2 N–H and O–H groups in total. The molecule has 0 aliphatic heterocycles. The van der Waals surface area contributed by atoms with Crippen LogP contribution >= 0.6 is 11.3 Å². The van der Waals surface area contributed by atoms with E-state index in [0.29, 0.717) is 52.1 Å². The molecule has 3 aromatic rings. The van der Waals surface area contributed by atoms with E-state index in [2.05, 4.69) is 16.4 Å². The van der Waals surface area contributed by atoms with E-state index in [-0.39, 0.29) is 40.5 Å². The number of ketones is 1. The van der Waals surface area contributed by atoms with Crippen LogP contribution < -0.4 is 5.32 Å². The number of nitrogens with one attached hydrogen (secondary N) is 1. The van der Waals surface area contributed by atoms with Gasteiger partial charge in [-0.25, -0.2) is 13.4 Å². The van der Waals surface area contributed by atoms with E-state index in [9.17, 15) is 23.3 Å². The minimum atomic E-state index is -3.33. The second-order valence-corrected chi connectivity index (χ2v) is 12.2. The zero-order valence-electron chi connectivity index (χ0n) is 21.3. The monoisotopic (exact) mass is 561 g/mol. The number of aromatic nitrogens is 1. The summed E-state index contributed by atoms with van der Waals surface area (Å²) >= 11 is 1.06. The number of benzene rings is 2. The van der Waals surface area contributed by atoms with Gasteiger partial charge >= 0.3 is 0 Å². The number of allylic oxidation sites excluding steroid dienone is 4. The molecule has 0 radical (unpaired) electrons. The minimum absolute atomic E-state index is 0.00184. The van der Waals surface area contributed by atoms with Crippen molar-refractivity contribution in [2.45, 2.75) is 37.5 Å². The number of carbonyl (C=O) groups excluding carboxylic acids is 2. The van der Waals surface area contributed by atoms with Gasteiger partial charge in [0.2, 0.25) is 11.7 Å². The Labute approximate surface area is 231 Å². The van der Waals surface area contributed by atoms with Gasteiger partial charge in [-0.05, 0) is 54.2 Å². The third-order valence-corrected chi connectivity index (χ3v) is 8.97. The number of hydrogen-bond donors (Lipinski definition) is 2. The molecule has 1 aliphatic carbocycles. The van der Waals surface area contributed by atoms with Gasteiger partial charge in [-0.1, -0.05) is 60.7 Å². The average molecular weight is 562 g/mol. The van der Waals surface area contributed by atoms with Gasteiger partial charge in [0.05, 0.1) is 28.8 Å². The van der Waals surface area contributed by atoms with Crippen LogP contribution in [0.4, 0.5) is 5.13 Å². The molecule has 1 aliphatic rings. The molecule has 39 heavy (non-hydrogen) atoms. The maximum absolute atomic E-state index is 13.5. The highest BCUT2D eigenvalue weighted by Gasteiger charge is 2.24. The van der Waals surface area contributed by atoms with Crippen molar-refractivity contribution in [3.8, 4) is 6.07 Å². The summed E-state index contributed by atoms with van der Waals surface area (Å²) < 4.78 is 24.1. The quantitative estimate of drug-likeness (QED) is 0.347. The second-order valence-electron chi connectivity index (χ2n) is 8.95. The molecule has 2 aromatic carbocycles. The Kier molecular flexibility index (Phi) is 8.86. The Hall–Kier alpha value is -3.91. The molecule has 0 saturated carbocycles. The van der Waals surface area contributed by atoms with Gasteiger partial charge in [0.25, 0.3) is 0 Å². The molecule has 200 valence electrons. The average Bonchev–Trinajstić information content (AvgIpc) is 3.37. The number of hydrogen-bond acceptors (Lipinski definition) is 8. The van der Waals surface area contributed by atoms with E-state index in [1.54, 1.807) is 49.4 Å². The van der Waals surface area contributed by atoms with E-state index in [1.165, 1.54) is 12.1 Å². The van der Waals surface area contributed by atoms with Crippen molar-refractivity contribution in [3.63, 3.8) is 0 Å². The molecule has 0 atom stereocenters. The van der Waals surface area contributed by atoms with Crippen LogP contribution in [0.15, 0.2) is 71.2 Å². The van der Waals surface area contributed by atoms with Crippen LogP contribution in [0.3, 0.4) is 0 Å². The molecule has 1 amide bonds. The van der Waals surface area contributed by atoms with Crippen molar-refractivity contribution in [1.82, 2.24) is 4.98 Å². The zero-order chi connectivity index (χ0) is 28.0. The maximum Gasteiger partial charge on any atom is 0.230 e. The Bertz CT molecular complexity index is 1590. The van der Waals surface area contributed by atoms with Crippen LogP contribution in [0, 0.1) is 11.3 Å². The number of sulfone groups is 1. The van der Waals surface area contributed by atoms with Gasteiger partial charge in [-0.2, -0.15) is 5.26 Å².